The number of hydrogen-bond donors (Lipinski definition) is 3. The first-order valence-electron chi connectivity index (χ1n) is 27.8. The molecule has 3 unspecified atom stereocenters. The molecule has 0 bridgehead atoms. The van der Waals surface area contributed by atoms with Gasteiger partial charge in [0.1, 0.15) is 6.10 Å². The van der Waals surface area contributed by atoms with Crippen molar-refractivity contribution >= 4 is 11.9 Å². The highest BCUT2D eigenvalue weighted by atomic mass is 16.5. The van der Waals surface area contributed by atoms with Crippen LogP contribution in [0.2, 0.25) is 0 Å². The lowest BCUT2D eigenvalue weighted by molar-refractivity contribution is -0.150. The van der Waals surface area contributed by atoms with Gasteiger partial charge in [-0.15, -0.1) is 0 Å². The van der Waals surface area contributed by atoms with Crippen molar-refractivity contribution in [3.63, 3.8) is 0 Å². The van der Waals surface area contributed by atoms with Crippen LogP contribution in [-0.4, -0.2) is 46.9 Å². The first kappa shape index (κ1) is 64.3. The molecule has 3 atom stereocenters. The van der Waals surface area contributed by atoms with Crippen LogP contribution < -0.4 is 5.32 Å². The number of carbonyl (C=O) groups is 2. The molecule has 0 heterocycles. The number of esters is 1. The van der Waals surface area contributed by atoms with Crippen molar-refractivity contribution in [2.75, 3.05) is 6.61 Å². The van der Waals surface area contributed by atoms with Crippen LogP contribution in [0.5, 0.6) is 0 Å². The number of unbranched alkanes of at least 4 members (excludes halogenated alkanes) is 22. The Morgan fingerprint density at radius 1 is 0.471 bits per heavy atom. The van der Waals surface area contributed by atoms with Crippen molar-refractivity contribution in [2.24, 2.45) is 0 Å². The van der Waals surface area contributed by atoms with Gasteiger partial charge < -0.3 is 20.3 Å². The van der Waals surface area contributed by atoms with E-state index in [0.717, 1.165) is 77.0 Å². The van der Waals surface area contributed by atoms with Gasteiger partial charge in [-0.3, -0.25) is 9.59 Å². The molecule has 68 heavy (non-hydrogen) atoms. The number of allylic oxidation sites excluding steroid dienone is 19. The fourth-order valence-corrected chi connectivity index (χ4v) is 7.74. The third kappa shape index (κ3) is 48.7. The van der Waals surface area contributed by atoms with Crippen molar-refractivity contribution in [2.45, 2.75) is 251 Å². The molecule has 0 rings (SSSR count). The summed E-state index contributed by atoms with van der Waals surface area (Å²) in [5, 5.41) is 23.8. The van der Waals surface area contributed by atoms with E-state index < -0.39 is 18.2 Å². The van der Waals surface area contributed by atoms with Crippen molar-refractivity contribution in [3.8, 4) is 0 Å². The van der Waals surface area contributed by atoms with E-state index in [2.05, 4.69) is 74.7 Å². The standard InChI is InChI=1S/C62H103NO5/c1-4-7-10-13-16-19-22-25-28-30-33-36-39-42-45-48-51-54-60(65)59(57-64)63-61(66)56-58(53-50-47-44-41-38-35-32-27-24-21-18-15-12-9-6-3)68-62(67)55-52-49-46-43-40-37-34-31-29-26-23-20-17-14-11-8-5-2/h8,11,14,17-18,20-21,23,26-27,29,31-32,34,37-38,40-41,47,50,58-60,64-65H,4-7,9-10,12-13,15-16,19,22,24-25,28,30,33,35-36,39,42-46,48-49,51-57H2,1-3H3,(H,63,66)/b11-8-,17-14+,21-18-,23-20+,29-26-,32-27-,34-31+,40-37+,41-38-,50-47-. The number of ether oxygens (including phenoxy) is 1. The summed E-state index contributed by atoms with van der Waals surface area (Å²) in [6.07, 6.45) is 75.6. The maximum Gasteiger partial charge on any atom is 0.306 e. The Morgan fingerprint density at radius 2 is 0.882 bits per heavy atom. The third-order valence-corrected chi connectivity index (χ3v) is 11.9. The molecule has 0 aromatic carbocycles. The van der Waals surface area contributed by atoms with Crippen molar-refractivity contribution < 1.29 is 24.5 Å². The molecular weight excluding hydrogens is 839 g/mol. The molecule has 0 radical (unpaired) electrons. The summed E-state index contributed by atoms with van der Waals surface area (Å²) in [5.41, 5.74) is 0. The molecule has 0 aliphatic carbocycles. The Kier molecular flexibility index (Phi) is 51.2. The number of hydrogen-bond acceptors (Lipinski definition) is 5. The van der Waals surface area contributed by atoms with Crippen molar-refractivity contribution in [3.05, 3.63) is 122 Å². The molecule has 6 heteroatoms. The van der Waals surface area contributed by atoms with E-state index in [1.54, 1.807) is 0 Å². The summed E-state index contributed by atoms with van der Waals surface area (Å²) in [6, 6.07) is -0.750. The lowest BCUT2D eigenvalue weighted by atomic mass is 10.0. The number of carbonyl (C=O) groups excluding carboxylic acids is 2. The monoisotopic (exact) mass is 942 g/mol. The van der Waals surface area contributed by atoms with Crippen LogP contribution in [0.3, 0.4) is 0 Å². The highest BCUT2D eigenvalue weighted by Crippen LogP contribution is 2.16. The SMILES string of the molecule is CC\C=C/C=C/C=C/C=C\C=C\C=C\CCCCCC(=O)OC(C/C=C\C/C=C\C/C=C\C/C=C\CCCCC)CC(=O)NC(CO)C(O)CCCCCCCCCCCCCCCCCCC. The van der Waals surface area contributed by atoms with E-state index in [4.69, 9.17) is 4.74 Å². The molecule has 0 fully saturated rings. The highest BCUT2D eigenvalue weighted by molar-refractivity contribution is 5.77. The van der Waals surface area contributed by atoms with Gasteiger partial charge in [-0.25, -0.2) is 0 Å². The predicted molar refractivity (Wildman–Crippen MR) is 296 cm³/mol. The van der Waals surface area contributed by atoms with Gasteiger partial charge in [0.15, 0.2) is 0 Å². The number of amides is 1. The smallest absolute Gasteiger partial charge is 0.306 e. The van der Waals surface area contributed by atoms with E-state index in [-0.39, 0.29) is 24.9 Å². The second-order valence-corrected chi connectivity index (χ2v) is 18.4. The Hall–Kier alpha value is -3.74. The van der Waals surface area contributed by atoms with Crippen molar-refractivity contribution in [1.82, 2.24) is 5.32 Å². The average molecular weight is 943 g/mol. The fraction of sp³-hybridized carbons (Fsp3) is 0.645. The molecule has 386 valence electrons. The highest BCUT2D eigenvalue weighted by Gasteiger charge is 2.23. The number of nitrogens with one attached hydrogen (secondary N) is 1. The van der Waals surface area contributed by atoms with Crippen LogP contribution in [0.1, 0.15) is 233 Å². The largest absolute Gasteiger partial charge is 0.461 e. The maximum atomic E-state index is 13.2. The van der Waals surface area contributed by atoms with E-state index in [9.17, 15) is 19.8 Å². The molecule has 1 amide bonds. The quantitative estimate of drug-likeness (QED) is 0.0244. The zero-order valence-electron chi connectivity index (χ0n) is 43.9. The van der Waals surface area contributed by atoms with Crippen LogP contribution >= 0.6 is 0 Å². The molecule has 0 saturated carbocycles. The second-order valence-electron chi connectivity index (χ2n) is 18.4. The van der Waals surface area contributed by atoms with Gasteiger partial charge in [0, 0.05) is 12.8 Å². The topological polar surface area (TPSA) is 95.9 Å². The predicted octanol–water partition coefficient (Wildman–Crippen LogP) is 17.2. The fourth-order valence-electron chi connectivity index (χ4n) is 7.74. The Morgan fingerprint density at radius 3 is 1.40 bits per heavy atom. The second kappa shape index (κ2) is 54.2. The first-order valence-corrected chi connectivity index (χ1v) is 27.8. The molecule has 0 aromatic rings. The molecular formula is C62H103NO5. The van der Waals surface area contributed by atoms with Crippen LogP contribution in [0, 0.1) is 0 Å². The minimum Gasteiger partial charge on any atom is -0.461 e. The van der Waals surface area contributed by atoms with Crippen molar-refractivity contribution in [1.29, 1.82) is 0 Å². The Bertz CT molecular complexity index is 1430. The molecule has 0 aliphatic heterocycles. The van der Waals surface area contributed by atoms with Crippen LogP contribution in [0.25, 0.3) is 0 Å². The van der Waals surface area contributed by atoms with E-state index in [1.807, 2.05) is 72.9 Å². The number of aliphatic hydroxyl groups is 2. The normalized spacial score (nSPS) is 14.1. The molecule has 6 nitrogen and oxygen atoms in total. The minimum atomic E-state index is -0.828. The summed E-state index contributed by atoms with van der Waals surface area (Å²) in [5.74, 6) is -0.636. The first-order chi connectivity index (χ1) is 33.5. The minimum absolute atomic E-state index is 0.0242. The average Bonchev–Trinajstić information content (AvgIpc) is 3.33. The lowest BCUT2D eigenvalue weighted by Gasteiger charge is -2.24. The van der Waals surface area contributed by atoms with Crippen LogP contribution in [0.15, 0.2) is 122 Å². The van der Waals surface area contributed by atoms with E-state index in [0.29, 0.717) is 19.3 Å². The Labute approximate surface area is 419 Å². The summed E-state index contributed by atoms with van der Waals surface area (Å²) in [6.45, 7) is 6.28. The van der Waals surface area contributed by atoms with E-state index in [1.165, 1.54) is 109 Å². The molecule has 0 aliphatic rings. The zero-order chi connectivity index (χ0) is 49.5. The van der Waals surface area contributed by atoms with Gasteiger partial charge in [-0.1, -0.05) is 271 Å². The van der Waals surface area contributed by atoms with Crippen LogP contribution in [0.4, 0.5) is 0 Å². The van der Waals surface area contributed by atoms with Gasteiger partial charge in [-0.05, 0) is 64.2 Å². The van der Waals surface area contributed by atoms with Gasteiger partial charge in [0.05, 0.1) is 25.2 Å². The summed E-state index contributed by atoms with van der Waals surface area (Å²) < 4.78 is 5.86. The third-order valence-electron chi connectivity index (χ3n) is 11.9. The Balaban J connectivity index is 4.76. The van der Waals surface area contributed by atoms with Gasteiger partial charge in [-0.2, -0.15) is 0 Å². The summed E-state index contributed by atoms with van der Waals surface area (Å²) in [7, 11) is 0. The number of rotatable bonds is 48. The van der Waals surface area contributed by atoms with Gasteiger partial charge >= 0.3 is 5.97 Å². The summed E-state index contributed by atoms with van der Waals surface area (Å²) >= 11 is 0. The molecule has 0 saturated heterocycles. The molecule has 0 spiro atoms. The van der Waals surface area contributed by atoms with Gasteiger partial charge in [0.25, 0.3) is 0 Å². The molecule has 3 N–H and O–H groups in total. The number of aliphatic hydroxyl groups excluding tert-OH is 2. The maximum absolute atomic E-state index is 13.2. The molecule has 0 aromatic heterocycles. The van der Waals surface area contributed by atoms with Crippen LogP contribution in [-0.2, 0) is 14.3 Å². The summed E-state index contributed by atoms with van der Waals surface area (Å²) in [4.78, 5) is 26.2. The lowest BCUT2D eigenvalue weighted by Crippen LogP contribution is -2.46. The van der Waals surface area contributed by atoms with Gasteiger partial charge in [0.2, 0.25) is 5.91 Å². The zero-order valence-corrected chi connectivity index (χ0v) is 43.9. The van der Waals surface area contributed by atoms with E-state index >= 15 is 0 Å².